The Hall–Kier alpha value is -2.52. The lowest BCUT2D eigenvalue weighted by Crippen LogP contribution is -2.16. The number of ether oxygens (including phenoxy) is 1. The van der Waals surface area contributed by atoms with Gasteiger partial charge in [-0.25, -0.2) is 9.59 Å². The van der Waals surface area contributed by atoms with Crippen LogP contribution in [0.1, 0.15) is 57.8 Å². The number of carbonyl (C=O) groups excluding carboxylic acids is 3. The minimum Gasteiger partial charge on any atom is -0.462 e. The predicted molar refractivity (Wildman–Crippen MR) is 114 cm³/mol. The minimum absolute atomic E-state index is 0.231. The number of hydrogen-bond acceptors (Lipinski definition) is 7. The molecule has 0 radical (unpaired) electrons. The van der Waals surface area contributed by atoms with Gasteiger partial charge in [-0.1, -0.05) is 21.1 Å². The van der Waals surface area contributed by atoms with E-state index in [1.165, 1.54) is 18.3 Å². The van der Waals surface area contributed by atoms with Crippen LogP contribution in [0.5, 0.6) is 0 Å². The van der Waals surface area contributed by atoms with Crippen molar-refractivity contribution >= 4 is 55.8 Å². The van der Waals surface area contributed by atoms with E-state index < -0.39 is 11.9 Å². The van der Waals surface area contributed by atoms with E-state index in [0.717, 1.165) is 21.3 Å². The first-order valence-electron chi connectivity index (χ1n) is 9.05. The number of nitrogens with one attached hydrogen (secondary N) is 1. The van der Waals surface area contributed by atoms with E-state index in [9.17, 15) is 14.4 Å². The fourth-order valence-electron chi connectivity index (χ4n) is 2.97. The number of anilines is 1. The SMILES string of the molecule is CCOC(=O)c1c(NC(C)=O)sc2c1CCC/C2=N/OC(=O)c1ccc(Br)cc1. The number of oxime groups is 1. The number of benzene rings is 1. The van der Waals surface area contributed by atoms with Gasteiger partial charge in [-0.15, -0.1) is 11.3 Å². The maximum absolute atomic E-state index is 12.5. The van der Waals surface area contributed by atoms with E-state index in [2.05, 4.69) is 26.4 Å². The molecular formula is C20H19BrN2O5S. The molecule has 1 heterocycles. The second kappa shape index (κ2) is 9.32. The zero-order valence-electron chi connectivity index (χ0n) is 15.9. The van der Waals surface area contributed by atoms with Crippen LogP contribution >= 0.6 is 27.3 Å². The number of thiophene rings is 1. The third-order valence-electron chi connectivity index (χ3n) is 4.20. The molecule has 152 valence electrons. The van der Waals surface area contributed by atoms with Crippen LogP contribution in [0.25, 0.3) is 0 Å². The van der Waals surface area contributed by atoms with Crippen LogP contribution in [0.2, 0.25) is 0 Å². The third kappa shape index (κ3) is 4.91. The van der Waals surface area contributed by atoms with Crippen molar-refractivity contribution < 1.29 is 24.0 Å². The Morgan fingerprint density at radius 2 is 1.90 bits per heavy atom. The number of carbonyl (C=O) groups is 3. The van der Waals surface area contributed by atoms with Crippen LogP contribution in [-0.4, -0.2) is 30.2 Å². The number of hydrogen-bond donors (Lipinski definition) is 1. The first-order valence-corrected chi connectivity index (χ1v) is 10.7. The smallest absolute Gasteiger partial charge is 0.365 e. The molecule has 0 aliphatic heterocycles. The Morgan fingerprint density at radius 1 is 1.17 bits per heavy atom. The van der Waals surface area contributed by atoms with E-state index in [0.29, 0.717) is 34.7 Å². The van der Waals surface area contributed by atoms with Crippen molar-refractivity contribution in [3.05, 3.63) is 50.3 Å². The summed E-state index contributed by atoms with van der Waals surface area (Å²) in [4.78, 5) is 42.2. The van der Waals surface area contributed by atoms with Crippen molar-refractivity contribution in [2.24, 2.45) is 5.16 Å². The number of halogens is 1. The highest BCUT2D eigenvalue weighted by molar-refractivity contribution is 9.10. The summed E-state index contributed by atoms with van der Waals surface area (Å²) in [6.45, 7) is 3.33. The average Bonchev–Trinajstić information content (AvgIpc) is 3.04. The predicted octanol–water partition coefficient (Wildman–Crippen LogP) is 4.54. The van der Waals surface area contributed by atoms with Gasteiger partial charge in [0, 0.05) is 11.4 Å². The highest BCUT2D eigenvalue weighted by Gasteiger charge is 2.30. The lowest BCUT2D eigenvalue weighted by atomic mass is 9.94. The van der Waals surface area contributed by atoms with E-state index in [4.69, 9.17) is 9.57 Å². The number of amides is 1. The van der Waals surface area contributed by atoms with Crippen LogP contribution in [-0.2, 0) is 20.8 Å². The lowest BCUT2D eigenvalue weighted by Gasteiger charge is -2.14. The highest BCUT2D eigenvalue weighted by atomic mass is 79.9. The van der Waals surface area contributed by atoms with Gasteiger partial charge >= 0.3 is 11.9 Å². The van der Waals surface area contributed by atoms with Crippen molar-refractivity contribution in [3.8, 4) is 0 Å². The molecule has 9 heteroatoms. The standard InChI is InChI=1S/C20H19BrN2O5S/c1-3-27-20(26)16-14-5-4-6-15(17(14)29-18(16)22-11(2)24)23-28-19(25)12-7-9-13(21)10-8-12/h7-10H,3-6H2,1-2H3,(H,22,24)/b23-15-. The molecule has 0 saturated carbocycles. The van der Waals surface area contributed by atoms with E-state index in [1.807, 2.05) is 0 Å². The first kappa shape index (κ1) is 21.2. The average molecular weight is 479 g/mol. The summed E-state index contributed by atoms with van der Waals surface area (Å²) < 4.78 is 6.02. The Labute approximate surface area is 180 Å². The van der Waals surface area contributed by atoms with E-state index >= 15 is 0 Å². The molecule has 1 aliphatic carbocycles. The molecule has 0 bridgehead atoms. The molecule has 1 amide bonds. The minimum atomic E-state index is -0.568. The van der Waals surface area contributed by atoms with Crippen LogP contribution < -0.4 is 5.32 Å². The molecule has 1 aromatic heterocycles. The Bertz CT molecular complexity index is 982. The molecule has 0 atom stereocenters. The normalized spacial score (nSPS) is 14.2. The molecule has 29 heavy (non-hydrogen) atoms. The Morgan fingerprint density at radius 3 is 2.55 bits per heavy atom. The zero-order valence-corrected chi connectivity index (χ0v) is 18.3. The molecule has 1 aliphatic rings. The van der Waals surface area contributed by atoms with Crippen molar-refractivity contribution in [1.82, 2.24) is 0 Å². The number of esters is 1. The lowest BCUT2D eigenvalue weighted by molar-refractivity contribution is -0.114. The van der Waals surface area contributed by atoms with Crippen molar-refractivity contribution in [1.29, 1.82) is 0 Å². The molecule has 0 spiro atoms. The monoisotopic (exact) mass is 478 g/mol. The van der Waals surface area contributed by atoms with Gasteiger partial charge in [-0.3, -0.25) is 4.79 Å². The summed E-state index contributed by atoms with van der Waals surface area (Å²) >= 11 is 4.56. The second-order valence-electron chi connectivity index (χ2n) is 6.29. The fraction of sp³-hybridized carbons (Fsp3) is 0.300. The van der Waals surface area contributed by atoms with Crippen LogP contribution in [0.4, 0.5) is 5.00 Å². The summed E-state index contributed by atoms with van der Waals surface area (Å²) in [6.07, 6.45) is 1.99. The second-order valence-corrected chi connectivity index (χ2v) is 8.23. The first-order chi connectivity index (χ1) is 13.9. The molecule has 3 rings (SSSR count). The maximum atomic E-state index is 12.5. The van der Waals surface area contributed by atoms with Crippen molar-refractivity contribution in [2.45, 2.75) is 33.1 Å². The molecule has 0 unspecified atom stereocenters. The summed E-state index contributed by atoms with van der Waals surface area (Å²) in [5.74, 6) is -1.34. The molecule has 7 nitrogen and oxygen atoms in total. The molecule has 1 aromatic carbocycles. The molecular weight excluding hydrogens is 460 g/mol. The van der Waals surface area contributed by atoms with Gasteiger partial charge in [0.2, 0.25) is 5.91 Å². The molecule has 0 saturated heterocycles. The van der Waals surface area contributed by atoms with Gasteiger partial charge in [-0.05, 0) is 56.0 Å². The summed E-state index contributed by atoms with van der Waals surface area (Å²) in [5, 5.41) is 7.19. The largest absolute Gasteiger partial charge is 0.462 e. The Balaban J connectivity index is 1.91. The van der Waals surface area contributed by atoms with E-state index in [-0.39, 0.29) is 12.5 Å². The van der Waals surface area contributed by atoms with Gasteiger partial charge in [-0.2, -0.15) is 0 Å². The third-order valence-corrected chi connectivity index (χ3v) is 5.92. The maximum Gasteiger partial charge on any atom is 0.365 e. The molecule has 2 aromatic rings. The van der Waals surface area contributed by atoms with Gasteiger partial charge < -0.3 is 14.9 Å². The van der Waals surface area contributed by atoms with Gasteiger partial charge in [0.05, 0.1) is 28.3 Å². The van der Waals surface area contributed by atoms with Crippen LogP contribution in [0.15, 0.2) is 33.9 Å². The quantitative estimate of drug-likeness (QED) is 0.386. The van der Waals surface area contributed by atoms with Gasteiger partial charge in [0.1, 0.15) is 5.00 Å². The zero-order chi connectivity index (χ0) is 21.0. The summed E-state index contributed by atoms with van der Waals surface area (Å²) in [5.41, 5.74) is 2.07. The van der Waals surface area contributed by atoms with Crippen molar-refractivity contribution in [3.63, 3.8) is 0 Å². The molecule has 0 fully saturated rings. The number of rotatable bonds is 5. The fourth-order valence-corrected chi connectivity index (χ4v) is 4.53. The van der Waals surface area contributed by atoms with Crippen LogP contribution in [0.3, 0.4) is 0 Å². The Kier molecular flexibility index (Phi) is 6.81. The van der Waals surface area contributed by atoms with Gasteiger partial charge in [0.25, 0.3) is 0 Å². The van der Waals surface area contributed by atoms with Gasteiger partial charge in [0.15, 0.2) is 0 Å². The summed E-state index contributed by atoms with van der Waals surface area (Å²) in [6, 6.07) is 6.76. The van der Waals surface area contributed by atoms with Crippen molar-refractivity contribution in [2.75, 3.05) is 11.9 Å². The molecule has 1 N–H and O–H groups in total. The number of nitrogens with zero attached hydrogens (tertiary/aromatic N) is 1. The number of fused-ring (bicyclic) bond motifs is 1. The van der Waals surface area contributed by atoms with Crippen LogP contribution in [0, 0.1) is 0 Å². The topological polar surface area (TPSA) is 94.1 Å². The van der Waals surface area contributed by atoms with E-state index in [1.54, 1.807) is 31.2 Å². The highest BCUT2D eigenvalue weighted by Crippen LogP contribution is 2.39. The summed E-state index contributed by atoms with van der Waals surface area (Å²) in [7, 11) is 0.